The molecule has 2 N–H and O–H groups in total. The molecule has 0 unspecified atom stereocenters. The fourth-order valence-corrected chi connectivity index (χ4v) is 2.97. The van der Waals surface area contributed by atoms with Crippen LogP contribution in [0.15, 0.2) is 35.7 Å². The number of para-hydroxylation sites is 1. The Balaban J connectivity index is 1.94. The number of nitriles is 1. The molecular formula is C15H15N3S. The van der Waals surface area contributed by atoms with E-state index < -0.39 is 0 Å². The van der Waals surface area contributed by atoms with Crippen LogP contribution in [0.4, 0.5) is 11.4 Å². The maximum atomic E-state index is 9.09. The standard InChI is InChI=1S/C15H15N3S/c16-9-11-3-1-5-14(15(11)17)18(12-6-7-12)10-13-4-2-8-19-13/h1-5,8,12H,6-7,10,17H2. The molecule has 1 aromatic carbocycles. The summed E-state index contributed by atoms with van der Waals surface area (Å²) >= 11 is 1.76. The van der Waals surface area contributed by atoms with Crippen molar-refractivity contribution in [1.29, 1.82) is 5.26 Å². The second-order valence-electron chi connectivity index (χ2n) is 4.79. The fourth-order valence-electron chi connectivity index (χ4n) is 2.27. The predicted octanol–water partition coefficient (Wildman–Crippen LogP) is 3.37. The zero-order chi connectivity index (χ0) is 13.2. The highest BCUT2D eigenvalue weighted by Gasteiger charge is 2.30. The maximum absolute atomic E-state index is 9.09. The van der Waals surface area contributed by atoms with E-state index in [1.165, 1.54) is 17.7 Å². The van der Waals surface area contributed by atoms with Crippen molar-refractivity contribution in [3.63, 3.8) is 0 Å². The topological polar surface area (TPSA) is 53.0 Å². The van der Waals surface area contributed by atoms with Gasteiger partial charge in [0.15, 0.2) is 0 Å². The van der Waals surface area contributed by atoms with E-state index in [9.17, 15) is 0 Å². The molecule has 2 aromatic rings. The van der Waals surface area contributed by atoms with Crippen molar-refractivity contribution in [3.05, 3.63) is 46.2 Å². The smallest absolute Gasteiger partial charge is 0.101 e. The molecule has 1 aromatic heterocycles. The first-order chi connectivity index (χ1) is 9.29. The van der Waals surface area contributed by atoms with E-state index >= 15 is 0 Å². The first-order valence-corrected chi connectivity index (χ1v) is 7.25. The molecule has 0 bridgehead atoms. The molecule has 0 saturated heterocycles. The lowest BCUT2D eigenvalue weighted by Crippen LogP contribution is -2.25. The van der Waals surface area contributed by atoms with Crippen molar-refractivity contribution < 1.29 is 0 Å². The molecule has 1 aliphatic carbocycles. The molecule has 0 radical (unpaired) electrons. The quantitative estimate of drug-likeness (QED) is 0.866. The lowest BCUT2D eigenvalue weighted by Gasteiger charge is -2.26. The molecule has 3 rings (SSSR count). The molecule has 96 valence electrons. The van der Waals surface area contributed by atoms with Crippen molar-refractivity contribution in [2.24, 2.45) is 0 Å². The Morgan fingerprint density at radius 2 is 2.16 bits per heavy atom. The van der Waals surface area contributed by atoms with Crippen LogP contribution in [0, 0.1) is 11.3 Å². The second-order valence-corrected chi connectivity index (χ2v) is 5.82. The summed E-state index contributed by atoms with van der Waals surface area (Å²) in [5, 5.41) is 11.2. The Bertz CT molecular complexity index is 609. The summed E-state index contributed by atoms with van der Waals surface area (Å²) in [6, 6.07) is 12.6. The minimum absolute atomic E-state index is 0.564. The van der Waals surface area contributed by atoms with Crippen LogP contribution >= 0.6 is 11.3 Å². The number of nitrogens with zero attached hydrogens (tertiary/aromatic N) is 2. The predicted molar refractivity (Wildman–Crippen MR) is 79.1 cm³/mol. The zero-order valence-corrected chi connectivity index (χ0v) is 11.4. The Morgan fingerprint density at radius 1 is 1.32 bits per heavy atom. The molecule has 0 atom stereocenters. The van der Waals surface area contributed by atoms with E-state index in [-0.39, 0.29) is 0 Å². The molecule has 0 spiro atoms. The number of benzene rings is 1. The molecule has 0 amide bonds. The van der Waals surface area contributed by atoms with Gasteiger partial charge in [0.2, 0.25) is 0 Å². The summed E-state index contributed by atoms with van der Waals surface area (Å²) < 4.78 is 0. The third-order valence-electron chi connectivity index (χ3n) is 3.41. The van der Waals surface area contributed by atoms with Crippen LogP contribution in [0.1, 0.15) is 23.3 Å². The van der Waals surface area contributed by atoms with Crippen molar-refractivity contribution in [2.75, 3.05) is 10.6 Å². The summed E-state index contributed by atoms with van der Waals surface area (Å²) in [6.07, 6.45) is 2.42. The lowest BCUT2D eigenvalue weighted by molar-refractivity contribution is 0.805. The number of thiophene rings is 1. The average Bonchev–Trinajstić information content (AvgIpc) is 3.14. The maximum Gasteiger partial charge on any atom is 0.101 e. The summed E-state index contributed by atoms with van der Waals surface area (Å²) in [6.45, 7) is 0.876. The summed E-state index contributed by atoms with van der Waals surface area (Å²) in [5.74, 6) is 0. The minimum atomic E-state index is 0.564. The van der Waals surface area contributed by atoms with Gasteiger partial charge in [0, 0.05) is 10.9 Å². The largest absolute Gasteiger partial charge is 0.396 e. The van der Waals surface area contributed by atoms with Gasteiger partial charge < -0.3 is 10.6 Å². The lowest BCUT2D eigenvalue weighted by atomic mass is 10.1. The Hall–Kier alpha value is -1.99. The number of nitrogen functional groups attached to an aromatic ring is 1. The van der Waals surface area contributed by atoms with Crippen molar-refractivity contribution in [2.45, 2.75) is 25.4 Å². The Labute approximate surface area is 116 Å². The molecule has 4 heteroatoms. The normalized spacial score (nSPS) is 14.1. The number of hydrogen-bond acceptors (Lipinski definition) is 4. The summed E-state index contributed by atoms with van der Waals surface area (Å²) in [4.78, 5) is 3.66. The molecule has 1 heterocycles. The first-order valence-electron chi connectivity index (χ1n) is 6.37. The van der Waals surface area contributed by atoms with Crippen molar-refractivity contribution in [1.82, 2.24) is 0 Å². The van der Waals surface area contributed by atoms with E-state index in [2.05, 4.69) is 28.5 Å². The van der Waals surface area contributed by atoms with Crippen LogP contribution in [0.25, 0.3) is 0 Å². The number of hydrogen-bond donors (Lipinski definition) is 1. The zero-order valence-electron chi connectivity index (χ0n) is 10.5. The van der Waals surface area contributed by atoms with Gasteiger partial charge in [0.25, 0.3) is 0 Å². The van der Waals surface area contributed by atoms with Crippen molar-refractivity contribution >= 4 is 22.7 Å². The Kier molecular flexibility index (Phi) is 3.14. The van der Waals surface area contributed by atoms with Gasteiger partial charge in [-0.1, -0.05) is 12.1 Å². The average molecular weight is 269 g/mol. The third kappa shape index (κ3) is 2.42. The van der Waals surface area contributed by atoms with Gasteiger partial charge >= 0.3 is 0 Å². The Morgan fingerprint density at radius 3 is 2.79 bits per heavy atom. The van der Waals surface area contributed by atoms with Gasteiger partial charge in [0.1, 0.15) is 6.07 Å². The van der Waals surface area contributed by atoms with Crippen LogP contribution in [0.2, 0.25) is 0 Å². The summed E-state index contributed by atoms with van der Waals surface area (Å²) in [7, 11) is 0. The van der Waals surface area contributed by atoms with Crippen LogP contribution in [-0.4, -0.2) is 6.04 Å². The monoisotopic (exact) mass is 269 g/mol. The molecule has 19 heavy (non-hydrogen) atoms. The SMILES string of the molecule is N#Cc1cccc(N(Cc2cccs2)C2CC2)c1N. The minimum Gasteiger partial charge on any atom is -0.396 e. The molecule has 1 saturated carbocycles. The van der Waals surface area contributed by atoms with Gasteiger partial charge in [-0.3, -0.25) is 0 Å². The van der Waals surface area contributed by atoms with Gasteiger partial charge in [-0.25, -0.2) is 0 Å². The molecule has 0 aliphatic heterocycles. The van der Waals surface area contributed by atoms with Crippen LogP contribution < -0.4 is 10.6 Å². The molecule has 1 fully saturated rings. The van der Waals surface area contributed by atoms with Gasteiger partial charge in [-0.05, 0) is 36.4 Å². The van der Waals surface area contributed by atoms with Gasteiger partial charge in [-0.15, -0.1) is 11.3 Å². The van der Waals surface area contributed by atoms with E-state index in [1.807, 2.05) is 12.1 Å². The van der Waals surface area contributed by atoms with Crippen molar-refractivity contribution in [3.8, 4) is 6.07 Å². The number of rotatable bonds is 4. The van der Waals surface area contributed by atoms with E-state index in [0.29, 0.717) is 17.3 Å². The van der Waals surface area contributed by atoms with E-state index in [1.54, 1.807) is 17.4 Å². The third-order valence-corrected chi connectivity index (χ3v) is 4.27. The summed E-state index contributed by atoms with van der Waals surface area (Å²) in [5.41, 5.74) is 8.29. The fraction of sp³-hybridized carbons (Fsp3) is 0.267. The first kappa shape index (κ1) is 12.1. The second kappa shape index (κ2) is 4.94. The van der Waals surface area contributed by atoms with E-state index in [0.717, 1.165) is 12.2 Å². The number of anilines is 2. The van der Waals surface area contributed by atoms with Gasteiger partial charge in [-0.2, -0.15) is 5.26 Å². The van der Waals surface area contributed by atoms with E-state index in [4.69, 9.17) is 11.0 Å². The molecular weight excluding hydrogens is 254 g/mol. The highest BCUT2D eigenvalue weighted by atomic mass is 32.1. The number of nitrogens with two attached hydrogens (primary N) is 1. The molecule has 1 aliphatic rings. The molecule has 3 nitrogen and oxygen atoms in total. The highest BCUT2D eigenvalue weighted by molar-refractivity contribution is 7.09. The van der Waals surface area contributed by atoms with Crippen LogP contribution in [0.5, 0.6) is 0 Å². The van der Waals surface area contributed by atoms with Gasteiger partial charge in [0.05, 0.1) is 23.5 Å². The highest BCUT2D eigenvalue weighted by Crippen LogP contribution is 2.37. The van der Waals surface area contributed by atoms with Crippen LogP contribution in [0.3, 0.4) is 0 Å². The van der Waals surface area contributed by atoms with Crippen LogP contribution in [-0.2, 0) is 6.54 Å².